The topological polar surface area (TPSA) is 87.1 Å². The zero-order chi connectivity index (χ0) is 17.5. The monoisotopic (exact) mass is 334 g/mol. The first-order valence-electron chi connectivity index (χ1n) is 7.84. The van der Waals surface area contributed by atoms with Gasteiger partial charge in [-0.15, -0.1) is 0 Å². The Morgan fingerprint density at radius 2 is 1.24 bits per heavy atom. The van der Waals surface area contributed by atoms with Crippen LogP contribution < -0.4 is 10.6 Å². The first-order valence-corrected chi connectivity index (χ1v) is 7.84. The van der Waals surface area contributed by atoms with Crippen LogP contribution in [0.1, 0.15) is 21.5 Å². The van der Waals surface area contributed by atoms with E-state index in [4.69, 9.17) is 0 Å². The van der Waals surface area contributed by atoms with Crippen LogP contribution in [0.5, 0.6) is 0 Å². The van der Waals surface area contributed by atoms with E-state index in [2.05, 4.69) is 20.6 Å². The van der Waals surface area contributed by atoms with Crippen molar-refractivity contribution in [2.24, 2.45) is 0 Å². The van der Waals surface area contributed by atoms with E-state index < -0.39 is 5.97 Å². The molecule has 6 nitrogen and oxygen atoms in total. The lowest BCUT2D eigenvalue weighted by molar-refractivity contribution is 0.0697. The Labute approximate surface area is 145 Å². The van der Waals surface area contributed by atoms with Crippen LogP contribution in [0.25, 0.3) is 0 Å². The van der Waals surface area contributed by atoms with Crippen LogP contribution in [0, 0.1) is 0 Å². The second-order valence-electron chi connectivity index (χ2n) is 5.52. The number of carbonyl (C=O) groups is 1. The Balaban J connectivity index is 1.73. The van der Waals surface area contributed by atoms with Crippen LogP contribution in [0.2, 0.25) is 0 Å². The van der Waals surface area contributed by atoms with Gasteiger partial charge in [-0.2, -0.15) is 0 Å². The summed E-state index contributed by atoms with van der Waals surface area (Å²) in [5.74, 6) is -0.959. The van der Waals surface area contributed by atoms with Gasteiger partial charge in [0.05, 0.1) is 5.56 Å². The summed E-state index contributed by atoms with van der Waals surface area (Å²) in [6.45, 7) is 1.19. The van der Waals surface area contributed by atoms with Gasteiger partial charge in [0.25, 0.3) is 0 Å². The fraction of sp³-hybridized carbons (Fsp3) is 0.105. The van der Waals surface area contributed by atoms with Gasteiger partial charge in [-0.3, -0.25) is 9.97 Å². The van der Waals surface area contributed by atoms with Crippen LogP contribution in [0.15, 0.2) is 67.3 Å². The molecular formula is C19H18N4O2. The summed E-state index contributed by atoms with van der Waals surface area (Å²) < 4.78 is 0. The fourth-order valence-corrected chi connectivity index (χ4v) is 2.36. The second-order valence-corrected chi connectivity index (χ2v) is 5.52. The average Bonchev–Trinajstić information content (AvgIpc) is 2.66. The maximum absolute atomic E-state index is 11.4. The summed E-state index contributed by atoms with van der Waals surface area (Å²) in [7, 11) is 0. The third-order valence-corrected chi connectivity index (χ3v) is 3.67. The Morgan fingerprint density at radius 3 is 1.64 bits per heavy atom. The second kappa shape index (κ2) is 7.92. The maximum atomic E-state index is 11.4. The lowest BCUT2D eigenvalue weighted by atomic mass is 10.1. The van der Waals surface area contributed by atoms with E-state index in [1.54, 1.807) is 36.9 Å². The van der Waals surface area contributed by atoms with Gasteiger partial charge in [0.1, 0.15) is 0 Å². The molecular weight excluding hydrogens is 316 g/mol. The quantitative estimate of drug-likeness (QED) is 0.614. The van der Waals surface area contributed by atoms with Gasteiger partial charge in [-0.05, 0) is 53.6 Å². The summed E-state index contributed by atoms with van der Waals surface area (Å²) in [6.07, 6.45) is 6.91. The largest absolute Gasteiger partial charge is 0.478 e. The van der Waals surface area contributed by atoms with E-state index in [1.807, 2.05) is 30.3 Å². The van der Waals surface area contributed by atoms with Crippen LogP contribution in [0.4, 0.5) is 11.4 Å². The Hall–Kier alpha value is -3.41. The molecule has 0 aliphatic carbocycles. The highest BCUT2D eigenvalue weighted by molar-refractivity contribution is 5.90. The molecule has 126 valence electrons. The normalized spacial score (nSPS) is 10.2. The molecule has 0 atom stereocenters. The predicted molar refractivity (Wildman–Crippen MR) is 96.5 cm³/mol. The van der Waals surface area contributed by atoms with Gasteiger partial charge in [0.15, 0.2) is 0 Å². The molecule has 2 aromatic heterocycles. The number of benzene rings is 1. The highest BCUT2D eigenvalue weighted by atomic mass is 16.4. The van der Waals surface area contributed by atoms with E-state index in [9.17, 15) is 9.90 Å². The SMILES string of the molecule is O=C(O)c1cc(NCc2ccncc2)cc(NCc2ccncc2)c1. The summed E-state index contributed by atoms with van der Waals surface area (Å²) in [5.41, 5.74) is 3.86. The maximum Gasteiger partial charge on any atom is 0.335 e. The molecule has 0 saturated heterocycles. The zero-order valence-electron chi connectivity index (χ0n) is 13.5. The molecule has 2 heterocycles. The molecule has 0 bridgehead atoms. The summed E-state index contributed by atoms with van der Waals surface area (Å²) in [6, 6.07) is 12.8. The molecule has 0 amide bonds. The molecule has 0 spiro atoms. The number of nitrogens with zero attached hydrogens (tertiary/aromatic N) is 2. The number of hydrogen-bond donors (Lipinski definition) is 3. The molecule has 0 saturated carbocycles. The number of aromatic carboxylic acids is 1. The van der Waals surface area contributed by atoms with Crippen molar-refractivity contribution in [3.8, 4) is 0 Å². The van der Waals surface area contributed by atoms with Crippen molar-refractivity contribution in [3.63, 3.8) is 0 Å². The minimum absolute atomic E-state index is 0.233. The number of carboxylic acid groups (broad SMARTS) is 1. The van der Waals surface area contributed by atoms with Gasteiger partial charge in [0.2, 0.25) is 0 Å². The average molecular weight is 334 g/mol. The summed E-state index contributed by atoms with van der Waals surface area (Å²) in [5, 5.41) is 15.8. The number of carboxylic acids is 1. The van der Waals surface area contributed by atoms with E-state index in [1.165, 1.54) is 0 Å². The standard InChI is InChI=1S/C19H18N4O2/c24-19(25)16-9-17(22-12-14-1-5-20-6-2-14)11-18(10-16)23-13-15-3-7-21-8-4-15/h1-11,22-23H,12-13H2,(H,24,25). The van der Waals surface area contributed by atoms with E-state index in [-0.39, 0.29) is 5.56 Å². The number of hydrogen-bond acceptors (Lipinski definition) is 5. The van der Waals surface area contributed by atoms with Crippen molar-refractivity contribution in [1.82, 2.24) is 9.97 Å². The van der Waals surface area contributed by atoms with Crippen molar-refractivity contribution in [3.05, 3.63) is 83.9 Å². The minimum Gasteiger partial charge on any atom is -0.478 e. The number of pyridine rings is 2. The van der Waals surface area contributed by atoms with Crippen LogP contribution in [0.3, 0.4) is 0 Å². The number of anilines is 2. The lowest BCUT2D eigenvalue weighted by Crippen LogP contribution is -2.05. The molecule has 3 rings (SSSR count). The smallest absolute Gasteiger partial charge is 0.335 e. The van der Waals surface area contributed by atoms with Gasteiger partial charge in [-0.1, -0.05) is 0 Å². The molecule has 0 fully saturated rings. The molecule has 0 aliphatic rings. The van der Waals surface area contributed by atoms with Crippen LogP contribution in [-0.4, -0.2) is 21.0 Å². The molecule has 3 N–H and O–H groups in total. The Morgan fingerprint density at radius 1 is 0.800 bits per heavy atom. The van der Waals surface area contributed by atoms with Gasteiger partial charge < -0.3 is 15.7 Å². The Kier molecular flexibility index (Phi) is 5.21. The first-order chi connectivity index (χ1) is 12.2. The van der Waals surface area contributed by atoms with Crippen molar-refractivity contribution in [2.45, 2.75) is 13.1 Å². The highest BCUT2D eigenvalue weighted by Crippen LogP contribution is 2.20. The summed E-state index contributed by atoms with van der Waals surface area (Å²) >= 11 is 0. The third kappa shape index (κ3) is 4.78. The highest BCUT2D eigenvalue weighted by Gasteiger charge is 2.07. The van der Waals surface area contributed by atoms with E-state index in [0.717, 1.165) is 22.5 Å². The third-order valence-electron chi connectivity index (χ3n) is 3.67. The number of rotatable bonds is 7. The predicted octanol–water partition coefficient (Wildman–Crippen LogP) is 3.40. The van der Waals surface area contributed by atoms with Crippen molar-refractivity contribution >= 4 is 17.3 Å². The van der Waals surface area contributed by atoms with Gasteiger partial charge in [-0.25, -0.2) is 4.79 Å². The Bertz CT molecular complexity index is 777. The molecule has 1 aromatic carbocycles. The van der Waals surface area contributed by atoms with Crippen LogP contribution >= 0.6 is 0 Å². The summed E-state index contributed by atoms with van der Waals surface area (Å²) in [4.78, 5) is 19.4. The van der Waals surface area contributed by atoms with Crippen molar-refractivity contribution < 1.29 is 9.90 Å². The van der Waals surface area contributed by atoms with E-state index >= 15 is 0 Å². The zero-order valence-corrected chi connectivity index (χ0v) is 13.5. The molecule has 6 heteroatoms. The number of nitrogens with one attached hydrogen (secondary N) is 2. The lowest BCUT2D eigenvalue weighted by Gasteiger charge is -2.12. The first kappa shape index (κ1) is 16.4. The van der Waals surface area contributed by atoms with Gasteiger partial charge in [0, 0.05) is 49.3 Å². The molecule has 3 aromatic rings. The molecule has 0 aliphatic heterocycles. The minimum atomic E-state index is -0.959. The number of aromatic nitrogens is 2. The van der Waals surface area contributed by atoms with Gasteiger partial charge >= 0.3 is 5.97 Å². The fourth-order valence-electron chi connectivity index (χ4n) is 2.36. The van der Waals surface area contributed by atoms with Crippen LogP contribution in [-0.2, 0) is 13.1 Å². The van der Waals surface area contributed by atoms with Crippen molar-refractivity contribution in [1.29, 1.82) is 0 Å². The van der Waals surface area contributed by atoms with Crippen molar-refractivity contribution in [2.75, 3.05) is 10.6 Å². The van der Waals surface area contributed by atoms with E-state index in [0.29, 0.717) is 13.1 Å². The molecule has 0 unspecified atom stereocenters. The molecule has 25 heavy (non-hydrogen) atoms. The molecule has 0 radical (unpaired) electrons.